The molecule has 1 rings (SSSR count). The smallest absolute Gasteiger partial charge is 0.251 e. The molecule has 0 aliphatic rings. The fourth-order valence-electron chi connectivity index (χ4n) is 2.22. The van der Waals surface area contributed by atoms with Crippen LogP contribution in [0.4, 0.5) is 0 Å². The highest BCUT2D eigenvalue weighted by atomic mass is 16.3. The Hall–Kier alpha value is -1.43. The minimum absolute atomic E-state index is 0.173. The summed E-state index contributed by atoms with van der Waals surface area (Å²) in [6.45, 7) is 2.90. The van der Waals surface area contributed by atoms with Crippen molar-refractivity contribution in [1.29, 1.82) is 0 Å². The number of hydrogen-bond donors (Lipinski definition) is 3. The van der Waals surface area contributed by atoms with Crippen LogP contribution in [0.25, 0.3) is 0 Å². The number of likely N-dealkylation sites (N-methyl/N-ethyl adjacent to an activating group) is 1. The van der Waals surface area contributed by atoms with Crippen molar-refractivity contribution < 1.29 is 9.90 Å². The van der Waals surface area contributed by atoms with E-state index in [0.29, 0.717) is 25.1 Å². The average Bonchev–Trinajstić information content (AvgIpc) is 2.36. The van der Waals surface area contributed by atoms with Gasteiger partial charge in [0.1, 0.15) is 0 Å². The van der Waals surface area contributed by atoms with Crippen LogP contribution in [0.15, 0.2) is 24.3 Å². The zero-order valence-corrected chi connectivity index (χ0v) is 12.5. The summed E-state index contributed by atoms with van der Waals surface area (Å²) in [4.78, 5) is 14.1. The van der Waals surface area contributed by atoms with Gasteiger partial charge in [-0.1, -0.05) is 18.2 Å². The van der Waals surface area contributed by atoms with Crippen molar-refractivity contribution in [3.8, 4) is 0 Å². The summed E-state index contributed by atoms with van der Waals surface area (Å²) in [6.07, 6.45) is 0.664. The van der Waals surface area contributed by atoms with Crippen LogP contribution in [0.3, 0.4) is 0 Å². The molecule has 112 valence electrons. The monoisotopic (exact) mass is 279 g/mol. The number of nitrogens with two attached hydrogens (primary N) is 1. The maximum atomic E-state index is 12.2. The van der Waals surface area contributed by atoms with Gasteiger partial charge in [-0.3, -0.25) is 4.79 Å². The van der Waals surface area contributed by atoms with Gasteiger partial charge in [-0.2, -0.15) is 0 Å². The van der Waals surface area contributed by atoms with Crippen LogP contribution in [0, 0.1) is 0 Å². The Morgan fingerprint density at radius 1 is 1.40 bits per heavy atom. The lowest BCUT2D eigenvalue weighted by atomic mass is 10.0. The van der Waals surface area contributed by atoms with Crippen LogP contribution < -0.4 is 11.1 Å². The maximum Gasteiger partial charge on any atom is 0.251 e. The lowest BCUT2D eigenvalue weighted by Gasteiger charge is -2.27. The first kappa shape index (κ1) is 16.6. The number of carbonyl (C=O) groups excluding carboxylic acids is 1. The molecule has 0 saturated heterocycles. The van der Waals surface area contributed by atoms with Crippen LogP contribution in [-0.2, 0) is 6.42 Å². The molecule has 0 bridgehead atoms. The number of amides is 1. The molecule has 0 aromatic heterocycles. The fraction of sp³-hybridized carbons (Fsp3) is 0.533. The minimum atomic E-state index is -0.956. The van der Waals surface area contributed by atoms with E-state index in [1.54, 1.807) is 13.0 Å². The molecule has 0 saturated carbocycles. The quantitative estimate of drug-likeness (QED) is 0.667. The molecule has 0 radical (unpaired) electrons. The molecule has 0 spiro atoms. The van der Waals surface area contributed by atoms with Crippen LogP contribution in [0.5, 0.6) is 0 Å². The Kier molecular flexibility index (Phi) is 6.13. The van der Waals surface area contributed by atoms with Gasteiger partial charge in [0.15, 0.2) is 0 Å². The summed E-state index contributed by atoms with van der Waals surface area (Å²) in [5, 5.41) is 13.0. The molecule has 0 heterocycles. The van der Waals surface area contributed by atoms with Crippen molar-refractivity contribution in [2.24, 2.45) is 5.73 Å². The van der Waals surface area contributed by atoms with Crippen LogP contribution in [0.1, 0.15) is 22.8 Å². The Bertz CT molecular complexity index is 444. The van der Waals surface area contributed by atoms with Gasteiger partial charge in [0, 0.05) is 18.7 Å². The first-order valence-corrected chi connectivity index (χ1v) is 6.79. The predicted molar refractivity (Wildman–Crippen MR) is 80.7 cm³/mol. The molecular weight excluding hydrogens is 254 g/mol. The highest BCUT2D eigenvalue weighted by molar-refractivity contribution is 5.95. The number of carbonyl (C=O) groups is 1. The number of rotatable bonds is 7. The normalized spacial score (nSPS) is 14.1. The second kappa shape index (κ2) is 7.38. The van der Waals surface area contributed by atoms with E-state index in [1.165, 1.54) is 0 Å². The van der Waals surface area contributed by atoms with Gasteiger partial charge in [-0.15, -0.1) is 0 Å². The third kappa shape index (κ3) is 5.28. The van der Waals surface area contributed by atoms with Crippen molar-refractivity contribution in [3.63, 3.8) is 0 Å². The van der Waals surface area contributed by atoms with Gasteiger partial charge in [-0.25, -0.2) is 0 Å². The Balaban J connectivity index is 2.68. The van der Waals surface area contributed by atoms with E-state index in [4.69, 9.17) is 5.73 Å². The Morgan fingerprint density at radius 3 is 2.65 bits per heavy atom. The lowest BCUT2D eigenvalue weighted by molar-refractivity contribution is 0.0326. The lowest BCUT2D eigenvalue weighted by Crippen LogP contribution is -2.47. The molecule has 4 N–H and O–H groups in total. The van der Waals surface area contributed by atoms with Gasteiger partial charge in [0.25, 0.3) is 5.91 Å². The van der Waals surface area contributed by atoms with E-state index >= 15 is 0 Å². The van der Waals surface area contributed by atoms with Gasteiger partial charge in [0.05, 0.1) is 5.60 Å². The number of nitrogens with zero attached hydrogens (tertiary/aromatic N) is 1. The molecule has 0 aliphatic carbocycles. The summed E-state index contributed by atoms with van der Waals surface area (Å²) >= 11 is 0. The summed E-state index contributed by atoms with van der Waals surface area (Å²) in [5.41, 5.74) is 6.15. The largest absolute Gasteiger partial charge is 0.387 e. The van der Waals surface area contributed by atoms with E-state index in [-0.39, 0.29) is 12.5 Å². The Morgan fingerprint density at radius 2 is 2.05 bits per heavy atom. The summed E-state index contributed by atoms with van der Waals surface area (Å²) in [7, 11) is 3.76. The Labute approximate surface area is 120 Å². The first-order valence-electron chi connectivity index (χ1n) is 6.79. The standard InChI is InChI=1S/C15H25N3O2/c1-15(20,11-18(2)3)10-17-14(19)13-7-5-4-6-12(13)8-9-16/h4-7,20H,8-11,16H2,1-3H3,(H,17,19). The van der Waals surface area contributed by atoms with Crippen molar-refractivity contribution in [2.45, 2.75) is 18.9 Å². The van der Waals surface area contributed by atoms with Crippen molar-refractivity contribution in [3.05, 3.63) is 35.4 Å². The molecular formula is C15H25N3O2. The molecule has 1 aromatic carbocycles. The van der Waals surface area contributed by atoms with Gasteiger partial charge >= 0.3 is 0 Å². The van der Waals surface area contributed by atoms with Gasteiger partial charge < -0.3 is 21.1 Å². The third-order valence-corrected chi connectivity index (χ3v) is 2.96. The SMILES string of the molecule is CN(C)CC(C)(O)CNC(=O)c1ccccc1CCN. The highest BCUT2D eigenvalue weighted by Gasteiger charge is 2.22. The van der Waals surface area contributed by atoms with Crippen molar-refractivity contribution in [2.75, 3.05) is 33.7 Å². The number of aliphatic hydroxyl groups is 1. The summed E-state index contributed by atoms with van der Waals surface area (Å²) in [6, 6.07) is 7.40. The average molecular weight is 279 g/mol. The van der Waals surface area contributed by atoms with Crippen LogP contribution in [0.2, 0.25) is 0 Å². The molecule has 0 aliphatic heterocycles. The number of hydrogen-bond acceptors (Lipinski definition) is 4. The van der Waals surface area contributed by atoms with Crippen molar-refractivity contribution >= 4 is 5.91 Å². The fourth-order valence-corrected chi connectivity index (χ4v) is 2.22. The molecule has 5 nitrogen and oxygen atoms in total. The summed E-state index contributed by atoms with van der Waals surface area (Å²) < 4.78 is 0. The van der Waals surface area contributed by atoms with E-state index in [2.05, 4.69) is 5.32 Å². The third-order valence-electron chi connectivity index (χ3n) is 2.96. The molecule has 1 amide bonds. The number of benzene rings is 1. The van der Waals surface area contributed by atoms with E-state index in [0.717, 1.165) is 5.56 Å². The molecule has 1 aromatic rings. The molecule has 1 unspecified atom stereocenters. The van der Waals surface area contributed by atoms with Crippen LogP contribution in [-0.4, -0.2) is 55.2 Å². The van der Waals surface area contributed by atoms with E-state index in [9.17, 15) is 9.90 Å². The minimum Gasteiger partial charge on any atom is -0.387 e. The van der Waals surface area contributed by atoms with E-state index in [1.807, 2.05) is 37.2 Å². The van der Waals surface area contributed by atoms with Crippen LogP contribution >= 0.6 is 0 Å². The first-order chi connectivity index (χ1) is 9.35. The highest BCUT2D eigenvalue weighted by Crippen LogP contribution is 2.10. The second-order valence-corrected chi connectivity index (χ2v) is 5.61. The maximum absolute atomic E-state index is 12.2. The zero-order valence-electron chi connectivity index (χ0n) is 12.5. The summed E-state index contributed by atoms with van der Waals surface area (Å²) in [5.74, 6) is -0.173. The van der Waals surface area contributed by atoms with Gasteiger partial charge in [0.2, 0.25) is 0 Å². The van der Waals surface area contributed by atoms with Gasteiger partial charge in [-0.05, 0) is 45.6 Å². The number of nitrogens with one attached hydrogen (secondary N) is 1. The predicted octanol–water partition coefficient (Wildman–Crippen LogP) is 0.230. The topological polar surface area (TPSA) is 78.6 Å². The molecule has 0 fully saturated rings. The second-order valence-electron chi connectivity index (χ2n) is 5.61. The zero-order chi connectivity index (χ0) is 15.2. The molecule has 1 atom stereocenters. The van der Waals surface area contributed by atoms with E-state index < -0.39 is 5.60 Å². The molecule has 20 heavy (non-hydrogen) atoms. The molecule has 5 heteroatoms. The van der Waals surface area contributed by atoms with Crippen molar-refractivity contribution in [1.82, 2.24) is 10.2 Å².